The van der Waals surface area contributed by atoms with Gasteiger partial charge in [0.15, 0.2) is 0 Å². The number of nitrogens with one attached hydrogen (secondary N) is 2. The zero-order valence-corrected chi connectivity index (χ0v) is 11.2. The lowest BCUT2D eigenvalue weighted by Gasteiger charge is -2.05. The van der Waals surface area contributed by atoms with E-state index in [1.54, 1.807) is 0 Å². The number of fused-ring (bicyclic) bond motifs is 1. The predicted molar refractivity (Wildman–Crippen MR) is 79.9 cm³/mol. The van der Waals surface area contributed by atoms with Gasteiger partial charge in [0, 0.05) is 5.69 Å². The maximum Gasteiger partial charge on any atom is 0.205 e. The van der Waals surface area contributed by atoms with Gasteiger partial charge in [-0.1, -0.05) is 31.2 Å². The fourth-order valence-corrected chi connectivity index (χ4v) is 2.18. The molecule has 1 aromatic heterocycles. The Kier molecular flexibility index (Phi) is 2.95. The van der Waals surface area contributed by atoms with Crippen LogP contribution in [-0.2, 0) is 6.42 Å². The predicted octanol–water partition coefficient (Wildman–Crippen LogP) is 4.18. The number of aromatic amines is 1. The van der Waals surface area contributed by atoms with Gasteiger partial charge in [-0.15, -0.1) is 0 Å². The van der Waals surface area contributed by atoms with E-state index in [0.29, 0.717) is 0 Å². The number of rotatable bonds is 3. The Labute approximate surface area is 112 Å². The Morgan fingerprint density at radius 1 is 1.16 bits per heavy atom. The van der Waals surface area contributed by atoms with Crippen LogP contribution in [-0.4, -0.2) is 9.97 Å². The van der Waals surface area contributed by atoms with Crippen molar-refractivity contribution < 1.29 is 0 Å². The summed E-state index contributed by atoms with van der Waals surface area (Å²) in [7, 11) is 0. The summed E-state index contributed by atoms with van der Waals surface area (Å²) < 4.78 is 0. The second-order valence-corrected chi connectivity index (χ2v) is 4.73. The highest BCUT2D eigenvalue weighted by Crippen LogP contribution is 2.21. The molecule has 0 aliphatic heterocycles. The molecule has 0 radical (unpaired) electrons. The van der Waals surface area contributed by atoms with Crippen LogP contribution < -0.4 is 5.32 Å². The van der Waals surface area contributed by atoms with Crippen molar-refractivity contribution in [3.63, 3.8) is 0 Å². The van der Waals surface area contributed by atoms with Gasteiger partial charge < -0.3 is 10.3 Å². The Balaban J connectivity index is 1.95. The van der Waals surface area contributed by atoms with E-state index in [1.807, 2.05) is 12.1 Å². The number of aromatic nitrogens is 2. The third-order valence-electron chi connectivity index (χ3n) is 3.35. The van der Waals surface area contributed by atoms with E-state index in [4.69, 9.17) is 0 Å². The average molecular weight is 251 g/mol. The summed E-state index contributed by atoms with van der Waals surface area (Å²) in [4.78, 5) is 7.88. The lowest BCUT2D eigenvalue weighted by Crippen LogP contribution is -1.94. The van der Waals surface area contributed by atoms with Gasteiger partial charge in [-0.3, -0.25) is 0 Å². The molecule has 2 N–H and O–H groups in total. The van der Waals surface area contributed by atoms with E-state index in [9.17, 15) is 0 Å². The van der Waals surface area contributed by atoms with E-state index in [1.165, 1.54) is 11.1 Å². The molecule has 3 rings (SSSR count). The Bertz CT molecular complexity index is 713. The maximum atomic E-state index is 4.56. The Hall–Kier alpha value is -2.29. The fourth-order valence-electron chi connectivity index (χ4n) is 2.18. The molecule has 0 saturated carbocycles. The van der Waals surface area contributed by atoms with Crippen molar-refractivity contribution in [1.29, 1.82) is 0 Å². The van der Waals surface area contributed by atoms with Gasteiger partial charge in [0.25, 0.3) is 0 Å². The highest BCUT2D eigenvalue weighted by molar-refractivity contribution is 5.79. The molecule has 0 fully saturated rings. The van der Waals surface area contributed by atoms with Crippen molar-refractivity contribution in [1.82, 2.24) is 9.97 Å². The molecule has 19 heavy (non-hydrogen) atoms. The van der Waals surface area contributed by atoms with Crippen LogP contribution in [0.5, 0.6) is 0 Å². The van der Waals surface area contributed by atoms with Crippen LogP contribution in [0.4, 0.5) is 11.6 Å². The molecule has 0 atom stereocenters. The second kappa shape index (κ2) is 4.76. The number of aryl methyl sites for hydroxylation is 2. The van der Waals surface area contributed by atoms with Gasteiger partial charge in [-0.05, 0) is 42.7 Å². The molecule has 0 spiro atoms. The number of hydrogen-bond donors (Lipinski definition) is 2. The van der Waals surface area contributed by atoms with Crippen molar-refractivity contribution in [2.75, 3.05) is 5.32 Å². The number of H-pyrrole nitrogens is 1. The fraction of sp³-hybridized carbons (Fsp3) is 0.188. The Morgan fingerprint density at radius 3 is 2.79 bits per heavy atom. The first-order chi connectivity index (χ1) is 9.26. The number of benzene rings is 2. The first-order valence-corrected chi connectivity index (χ1v) is 6.57. The van der Waals surface area contributed by atoms with Crippen LogP contribution in [0.3, 0.4) is 0 Å². The van der Waals surface area contributed by atoms with Gasteiger partial charge in [0.2, 0.25) is 5.95 Å². The molecule has 0 unspecified atom stereocenters. The van der Waals surface area contributed by atoms with Gasteiger partial charge in [-0.25, -0.2) is 4.98 Å². The normalized spacial score (nSPS) is 10.8. The first-order valence-electron chi connectivity index (χ1n) is 6.57. The molecule has 0 aliphatic carbocycles. The third-order valence-corrected chi connectivity index (χ3v) is 3.35. The summed E-state index contributed by atoms with van der Waals surface area (Å²) in [6, 6.07) is 14.5. The zero-order valence-electron chi connectivity index (χ0n) is 11.2. The molecule has 0 amide bonds. The number of hydrogen-bond acceptors (Lipinski definition) is 2. The molecule has 0 saturated heterocycles. The summed E-state index contributed by atoms with van der Waals surface area (Å²) in [6.07, 6.45) is 1.04. The monoisotopic (exact) mass is 251 g/mol. The van der Waals surface area contributed by atoms with Gasteiger partial charge in [0.05, 0.1) is 11.0 Å². The summed E-state index contributed by atoms with van der Waals surface area (Å²) in [5.41, 5.74) is 5.68. The smallest absolute Gasteiger partial charge is 0.205 e. The van der Waals surface area contributed by atoms with Gasteiger partial charge >= 0.3 is 0 Å². The van der Waals surface area contributed by atoms with Crippen molar-refractivity contribution in [2.24, 2.45) is 0 Å². The third kappa shape index (κ3) is 2.32. The average Bonchev–Trinajstić information content (AvgIpc) is 2.82. The number of nitrogens with zero attached hydrogens (tertiary/aromatic N) is 1. The van der Waals surface area contributed by atoms with E-state index in [-0.39, 0.29) is 0 Å². The van der Waals surface area contributed by atoms with E-state index >= 15 is 0 Å². The molecule has 3 nitrogen and oxygen atoms in total. The second-order valence-electron chi connectivity index (χ2n) is 4.73. The van der Waals surface area contributed by atoms with Crippen LogP contribution in [0.2, 0.25) is 0 Å². The molecule has 2 aromatic carbocycles. The lowest BCUT2D eigenvalue weighted by atomic mass is 10.1. The molecular weight excluding hydrogens is 234 g/mol. The minimum absolute atomic E-state index is 0.789. The van der Waals surface area contributed by atoms with E-state index in [2.05, 4.69) is 59.5 Å². The number of anilines is 2. The topological polar surface area (TPSA) is 40.7 Å². The molecule has 96 valence electrons. The first kappa shape index (κ1) is 11.8. The number of para-hydroxylation sites is 1. The highest BCUT2D eigenvalue weighted by atomic mass is 15.1. The van der Waals surface area contributed by atoms with Crippen LogP contribution in [0.15, 0.2) is 42.5 Å². The van der Waals surface area contributed by atoms with Crippen LogP contribution in [0, 0.1) is 6.92 Å². The molecule has 3 heteroatoms. The van der Waals surface area contributed by atoms with Crippen LogP contribution >= 0.6 is 0 Å². The number of imidazole rings is 1. The zero-order chi connectivity index (χ0) is 13.2. The molecule has 0 bridgehead atoms. The summed E-state index contributed by atoms with van der Waals surface area (Å²) in [5.74, 6) is 0.789. The molecule has 3 aromatic rings. The van der Waals surface area contributed by atoms with E-state index in [0.717, 1.165) is 29.1 Å². The van der Waals surface area contributed by atoms with Crippen molar-refractivity contribution in [3.05, 3.63) is 53.6 Å². The summed E-state index contributed by atoms with van der Waals surface area (Å²) in [5, 5.41) is 3.33. The highest BCUT2D eigenvalue weighted by Gasteiger charge is 2.04. The van der Waals surface area contributed by atoms with Crippen molar-refractivity contribution in [2.45, 2.75) is 20.3 Å². The SMILES string of the molecule is CCc1ccc2nc(Nc3ccccc3C)[nH]c2c1. The minimum atomic E-state index is 0.789. The lowest BCUT2D eigenvalue weighted by molar-refractivity contribution is 1.14. The minimum Gasteiger partial charge on any atom is -0.326 e. The standard InChI is InChI=1S/C16H17N3/c1-3-12-8-9-14-15(10-12)19-16(18-14)17-13-7-5-4-6-11(13)2/h4-10H,3H2,1-2H3,(H2,17,18,19). The van der Waals surface area contributed by atoms with Gasteiger partial charge in [0.1, 0.15) is 0 Å². The van der Waals surface area contributed by atoms with Crippen molar-refractivity contribution >= 4 is 22.7 Å². The van der Waals surface area contributed by atoms with Crippen LogP contribution in [0.25, 0.3) is 11.0 Å². The molecular formula is C16H17N3. The summed E-state index contributed by atoms with van der Waals surface area (Å²) >= 11 is 0. The molecule has 1 heterocycles. The maximum absolute atomic E-state index is 4.56. The van der Waals surface area contributed by atoms with Gasteiger partial charge in [-0.2, -0.15) is 0 Å². The summed E-state index contributed by atoms with van der Waals surface area (Å²) in [6.45, 7) is 4.24. The van der Waals surface area contributed by atoms with Crippen LogP contribution in [0.1, 0.15) is 18.1 Å². The largest absolute Gasteiger partial charge is 0.326 e. The van der Waals surface area contributed by atoms with E-state index < -0.39 is 0 Å². The van der Waals surface area contributed by atoms with Crippen molar-refractivity contribution in [3.8, 4) is 0 Å². The Morgan fingerprint density at radius 2 is 2.00 bits per heavy atom. The quantitative estimate of drug-likeness (QED) is 0.733. The molecule has 0 aliphatic rings.